The SMILES string of the molecule is CC(C)CN1CCn2nc(CNC(=O)CCc3cn4ccccc4n3)cc2C1. The Morgan fingerprint density at radius 2 is 2.14 bits per heavy atom. The van der Waals surface area contributed by atoms with E-state index in [0.717, 1.165) is 43.2 Å². The number of nitrogens with zero attached hydrogens (tertiary/aromatic N) is 5. The van der Waals surface area contributed by atoms with Gasteiger partial charge < -0.3 is 9.72 Å². The van der Waals surface area contributed by atoms with Crippen molar-refractivity contribution in [1.82, 2.24) is 29.4 Å². The third-order valence-electron chi connectivity index (χ3n) is 5.04. The average Bonchev–Trinajstić information content (AvgIpc) is 3.27. The van der Waals surface area contributed by atoms with Crippen LogP contribution in [0.1, 0.15) is 37.4 Å². The summed E-state index contributed by atoms with van der Waals surface area (Å²) < 4.78 is 4.06. The largest absolute Gasteiger partial charge is 0.350 e. The first-order valence-electron chi connectivity index (χ1n) is 10.0. The second kappa shape index (κ2) is 8.14. The van der Waals surface area contributed by atoms with E-state index >= 15 is 0 Å². The molecule has 0 saturated heterocycles. The highest BCUT2D eigenvalue weighted by Crippen LogP contribution is 2.15. The number of carbonyl (C=O) groups is 1. The molecule has 0 atom stereocenters. The van der Waals surface area contributed by atoms with E-state index in [1.54, 1.807) is 0 Å². The molecule has 148 valence electrons. The van der Waals surface area contributed by atoms with E-state index < -0.39 is 0 Å². The molecule has 1 aliphatic heterocycles. The van der Waals surface area contributed by atoms with Crippen LogP contribution in [0.4, 0.5) is 0 Å². The van der Waals surface area contributed by atoms with Crippen molar-refractivity contribution in [2.24, 2.45) is 5.92 Å². The Hall–Kier alpha value is -2.67. The predicted octanol–water partition coefficient (Wildman–Crippen LogP) is 2.25. The minimum absolute atomic E-state index is 0.0319. The molecule has 0 aromatic carbocycles. The number of aromatic nitrogens is 4. The average molecular weight is 380 g/mol. The van der Waals surface area contributed by atoms with Gasteiger partial charge in [-0.2, -0.15) is 5.10 Å². The summed E-state index contributed by atoms with van der Waals surface area (Å²) in [5, 5.41) is 7.64. The van der Waals surface area contributed by atoms with Crippen molar-refractivity contribution < 1.29 is 4.79 Å². The number of nitrogens with one attached hydrogen (secondary N) is 1. The Morgan fingerprint density at radius 1 is 1.25 bits per heavy atom. The molecule has 4 rings (SSSR count). The first-order chi connectivity index (χ1) is 13.6. The van der Waals surface area contributed by atoms with Crippen LogP contribution in [0.5, 0.6) is 0 Å². The Balaban J connectivity index is 1.26. The number of hydrogen-bond acceptors (Lipinski definition) is 4. The van der Waals surface area contributed by atoms with Crippen LogP contribution < -0.4 is 5.32 Å². The fraction of sp³-hybridized carbons (Fsp3) is 0.476. The lowest BCUT2D eigenvalue weighted by atomic mass is 10.2. The maximum absolute atomic E-state index is 12.2. The monoisotopic (exact) mass is 380 g/mol. The smallest absolute Gasteiger partial charge is 0.220 e. The van der Waals surface area contributed by atoms with Crippen molar-refractivity contribution in [3.8, 4) is 0 Å². The van der Waals surface area contributed by atoms with Gasteiger partial charge in [-0.15, -0.1) is 0 Å². The molecule has 1 aliphatic rings. The number of amides is 1. The van der Waals surface area contributed by atoms with E-state index in [2.05, 4.69) is 44.9 Å². The van der Waals surface area contributed by atoms with Gasteiger partial charge in [0, 0.05) is 38.4 Å². The number of imidazole rings is 1. The summed E-state index contributed by atoms with van der Waals surface area (Å²) in [4.78, 5) is 19.2. The first-order valence-corrected chi connectivity index (χ1v) is 10.0. The maximum atomic E-state index is 12.2. The molecule has 3 aromatic heterocycles. The van der Waals surface area contributed by atoms with Crippen LogP contribution in [0.2, 0.25) is 0 Å². The first kappa shape index (κ1) is 18.7. The summed E-state index contributed by atoms with van der Waals surface area (Å²) in [6.45, 7) is 8.99. The van der Waals surface area contributed by atoms with E-state index in [-0.39, 0.29) is 5.91 Å². The lowest BCUT2D eigenvalue weighted by Gasteiger charge is -2.28. The molecule has 0 saturated carbocycles. The van der Waals surface area contributed by atoms with E-state index in [1.807, 2.05) is 35.0 Å². The van der Waals surface area contributed by atoms with E-state index in [4.69, 9.17) is 0 Å². The topological polar surface area (TPSA) is 67.5 Å². The summed E-state index contributed by atoms with van der Waals surface area (Å²) in [6, 6.07) is 8.02. The summed E-state index contributed by atoms with van der Waals surface area (Å²) in [7, 11) is 0. The summed E-state index contributed by atoms with van der Waals surface area (Å²) in [6.07, 6.45) is 5.01. The highest BCUT2D eigenvalue weighted by atomic mass is 16.1. The lowest BCUT2D eigenvalue weighted by Crippen LogP contribution is -2.36. The number of aryl methyl sites for hydroxylation is 1. The van der Waals surface area contributed by atoms with Gasteiger partial charge in [-0.3, -0.25) is 14.4 Å². The van der Waals surface area contributed by atoms with Gasteiger partial charge in [0.25, 0.3) is 0 Å². The molecule has 7 nitrogen and oxygen atoms in total. The molecule has 0 unspecified atom stereocenters. The van der Waals surface area contributed by atoms with Crippen molar-refractivity contribution in [2.45, 2.75) is 46.3 Å². The number of hydrogen-bond donors (Lipinski definition) is 1. The summed E-state index contributed by atoms with van der Waals surface area (Å²) in [5.74, 6) is 0.700. The van der Waals surface area contributed by atoms with Gasteiger partial charge in [0.2, 0.25) is 5.91 Å². The van der Waals surface area contributed by atoms with Crippen LogP contribution in [0.25, 0.3) is 5.65 Å². The Morgan fingerprint density at radius 3 is 2.96 bits per heavy atom. The molecule has 0 fully saturated rings. The number of pyridine rings is 1. The van der Waals surface area contributed by atoms with Gasteiger partial charge in [-0.1, -0.05) is 19.9 Å². The molecule has 1 N–H and O–H groups in total. The van der Waals surface area contributed by atoms with Crippen LogP contribution in [0.15, 0.2) is 36.7 Å². The third kappa shape index (κ3) is 4.42. The van der Waals surface area contributed by atoms with Gasteiger partial charge in [0.1, 0.15) is 5.65 Å². The number of fused-ring (bicyclic) bond motifs is 2. The van der Waals surface area contributed by atoms with E-state index in [0.29, 0.717) is 25.3 Å². The van der Waals surface area contributed by atoms with Crippen molar-refractivity contribution >= 4 is 11.6 Å². The number of carbonyl (C=O) groups excluding carboxylic acids is 1. The molecule has 0 bridgehead atoms. The van der Waals surface area contributed by atoms with Crippen LogP contribution in [0.3, 0.4) is 0 Å². The molecule has 0 radical (unpaired) electrons. The summed E-state index contributed by atoms with van der Waals surface area (Å²) in [5.41, 5.74) is 4.01. The molecular formula is C21H28N6O. The fourth-order valence-corrected chi connectivity index (χ4v) is 3.77. The minimum Gasteiger partial charge on any atom is -0.350 e. The third-order valence-corrected chi connectivity index (χ3v) is 5.04. The Kier molecular flexibility index (Phi) is 5.43. The summed E-state index contributed by atoms with van der Waals surface area (Å²) >= 11 is 0. The lowest BCUT2D eigenvalue weighted by molar-refractivity contribution is -0.121. The molecule has 0 aliphatic carbocycles. The van der Waals surface area contributed by atoms with Gasteiger partial charge in [0.05, 0.1) is 30.2 Å². The van der Waals surface area contributed by atoms with Gasteiger partial charge in [-0.05, 0) is 30.5 Å². The standard InChI is InChI=1S/C21H28N6O/c1-16(2)13-25-9-10-27-19(15-25)11-18(24-27)12-22-21(28)7-6-17-14-26-8-4-3-5-20(26)23-17/h3-5,8,11,14,16H,6-7,9-10,12-13,15H2,1-2H3,(H,22,28). The molecule has 0 spiro atoms. The highest BCUT2D eigenvalue weighted by Gasteiger charge is 2.19. The van der Waals surface area contributed by atoms with Crippen molar-refractivity contribution in [3.05, 3.63) is 53.7 Å². The van der Waals surface area contributed by atoms with E-state index in [9.17, 15) is 4.79 Å². The zero-order valence-electron chi connectivity index (χ0n) is 16.6. The second-order valence-corrected chi connectivity index (χ2v) is 7.95. The predicted molar refractivity (Wildman–Crippen MR) is 108 cm³/mol. The van der Waals surface area contributed by atoms with Gasteiger partial charge >= 0.3 is 0 Å². The molecule has 7 heteroatoms. The van der Waals surface area contributed by atoms with Crippen molar-refractivity contribution in [3.63, 3.8) is 0 Å². The zero-order valence-corrected chi connectivity index (χ0v) is 16.6. The van der Waals surface area contributed by atoms with Crippen LogP contribution >= 0.6 is 0 Å². The van der Waals surface area contributed by atoms with Crippen molar-refractivity contribution in [2.75, 3.05) is 13.1 Å². The normalized spacial score (nSPS) is 14.5. The fourth-order valence-electron chi connectivity index (χ4n) is 3.77. The van der Waals surface area contributed by atoms with Crippen molar-refractivity contribution in [1.29, 1.82) is 0 Å². The van der Waals surface area contributed by atoms with Gasteiger partial charge in [0.15, 0.2) is 0 Å². The van der Waals surface area contributed by atoms with Crippen LogP contribution in [-0.2, 0) is 30.8 Å². The van der Waals surface area contributed by atoms with Crippen LogP contribution in [-0.4, -0.2) is 43.1 Å². The highest BCUT2D eigenvalue weighted by molar-refractivity contribution is 5.76. The number of rotatable bonds is 7. The quantitative estimate of drug-likeness (QED) is 0.683. The second-order valence-electron chi connectivity index (χ2n) is 7.95. The Labute approximate surface area is 165 Å². The zero-order chi connectivity index (χ0) is 19.5. The Bertz CT molecular complexity index is 924. The van der Waals surface area contributed by atoms with E-state index in [1.165, 1.54) is 5.69 Å². The maximum Gasteiger partial charge on any atom is 0.220 e. The van der Waals surface area contributed by atoms with Gasteiger partial charge in [-0.25, -0.2) is 4.98 Å². The minimum atomic E-state index is 0.0319. The molecule has 3 aromatic rings. The molecule has 4 heterocycles. The molecule has 1 amide bonds. The molecular weight excluding hydrogens is 352 g/mol. The van der Waals surface area contributed by atoms with Crippen LogP contribution in [0, 0.1) is 5.92 Å². The molecule has 28 heavy (non-hydrogen) atoms.